The summed E-state index contributed by atoms with van der Waals surface area (Å²) in [5.74, 6) is 1.58. The lowest BCUT2D eigenvalue weighted by Crippen LogP contribution is -2.17. The maximum Gasteiger partial charge on any atom is 0.107 e. The van der Waals surface area contributed by atoms with Gasteiger partial charge >= 0.3 is 0 Å². The van der Waals surface area contributed by atoms with Crippen LogP contribution >= 0.6 is 24.0 Å². The van der Waals surface area contributed by atoms with E-state index in [0.29, 0.717) is 17.3 Å². The summed E-state index contributed by atoms with van der Waals surface area (Å²) in [7, 11) is -0.797. The predicted molar refractivity (Wildman–Crippen MR) is 86.2 cm³/mol. The molecule has 1 unspecified atom stereocenters. The molecule has 0 fully saturated rings. The fourth-order valence-corrected chi connectivity index (χ4v) is 3.06. The van der Waals surface area contributed by atoms with Crippen LogP contribution in [-0.2, 0) is 10.8 Å². The number of thioether (sulfide) groups is 1. The predicted octanol–water partition coefficient (Wildman–Crippen LogP) is 2.22. The molecule has 0 saturated carbocycles. The van der Waals surface area contributed by atoms with E-state index in [9.17, 15) is 4.21 Å². The average molecular weight is 302 g/mol. The van der Waals surface area contributed by atoms with Crippen molar-refractivity contribution in [1.29, 1.82) is 0 Å². The molecule has 3 N–H and O–H groups in total. The van der Waals surface area contributed by atoms with E-state index in [1.165, 1.54) is 0 Å². The van der Waals surface area contributed by atoms with Gasteiger partial charge in [-0.05, 0) is 17.9 Å². The van der Waals surface area contributed by atoms with Gasteiger partial charge in [0.2, 0.25) is 0 Å². The van der Waals surface area contributed by atoms with Gasteiger partial charge in [0.15, 0.2) is 0 Å². The second-order valence-electron chi connectivity index (χ2n) is 3.68. The van der Waals surface area contributed by atoms with E-state index in [0.717, 1.165) is 21.9 Å². The van der Waals surface area contributed by atoms with Gasteiger partial charge in [-0.3, -0.25) is 4.21 Å². The Kier molecular flexibility index (Phi) is 6.67. The summed E-state index contributed by atoms with van der Waals surface area (Å²) in [6.45, 7) is 2.74. The number of nitrogens with one attached hydrogen (secondary N) is 1. The Bertz CT molecular complexity index is 449. The summed E-state index contributed by atoms with van der Waals surface area (Å²) in [6, 6.07) is 5.95. The van der Waals surface area contributed by atoms with Crippen molar-refractivity contribution in [3.63, 3.8) is 0 Å². The van der Waals surface area contributed by atoms with Crippen LogP contribution in [-0.4, -0.2) is 33.5 Å². The molecule has 100 valence electrons. The fourth-order valence-electron chi connectivity index (χ4n) is 1.54. The normalized spacial score (nSPS) is 12.1. The molecule has 0 bridgehead atoms. The quantitative estimate of drug-likeness (QED) is 0.597. The SMILES string of the molecule is CCSc1cccc(NCCS(C)=O)c1C(N)=S. The first-order valence-electron chi connectivity index (χ1n) is 5.65. The van der Waals surface area contributed by atoms with Crippen molar-refractivity contribution < 1.29 is 4.21 Å². The summed E-state index contributed by atoms with van der Waals surface area (Å²) in [6.07, 6.45) is 1.69. The van der Waals surface area contributed by atoms with Crippen molar-refractivity contribution in [3.8, 4) is 0 Å². The van der Waals surface area contributed by atoms with Crippen LogP contribution in [0, 0.1) is 0 Å². The maximum absolute atomic E-state index is 11.0. The maximum atomic E-state index is 11.0. The van der Waals surface area contributed by atoms with Gasteiger partial charge in [-0.15, -0.1) is 11.8 Å². The summed E-state index contributed by atoms with van der Waals surface area (Å²) < 4.78 is 11.0. The highest BCUT2D eigenvalue weighted by atomic mass is 32.2. The molecule has 6 heteroatoms. The van der Waals surface area contributed by atoms with Gasteiger partial charge in [0.1, 0.15) is 4.99 Å². The molecule has 18 heavy (non-hydrogen) atoms. The minimum atomic E-state index is -0.797. The number of nitrogens with two attached hydrogens (primary N) is 1. The molecule has 1 aromatic rings. The van der Waals surface area contributed by atoms with Gasteiger partial charge in [0.05, 0.1) is 0 Å². The zero-order valence-corrected chi connectivity index (χ0v) is 13.0. The van der Waals surface area contributed by atoms with Gasteiger partial charge in [0, 0.05) is 45.5 Å². The highest BCUT2D eigenvalue weighted by Crippen LogP contribution is 2.28. The molecule has 0 spiro atoms. The zero-order valence-electron chi connectivity index (χ0n) is 10.6. The first-order chi connectivity index (χ1) is 8.56. The van der Waals surface area contributed by atoms with Crippen molar-refractivity contribution in [1.82, 2.24) is 0 Å². The number of rotatable bonds is 7. The molecule has 0 aromatic heterocycles. The number of thiocarbonyl (C=S) groups is 1. The van der Waals surface area contributed by atoms with Gasteiger partial charge in [-0.1, -0.05) is 25.2 Å². The molecule has 0 heterocycles. The topological polar surface area (TPSA) is 55.1 Å². The second kappa shape index (κ2) is 7.76. The van der Waals surface area contributed by atoms with E-state index in [2.05, 4.69) is 12.2 Å². The fraction of sp³-hybridized carbons (Fsp3) is 0.417. The second-order valence-corrected chi connectivity index (χ2v) is 6.98. The number of benzene rings is 1. The minimum Gasteiger partial charge on any atom is -0.389 e. The molecule has 0 saturated heterocycles. The van der Waals surface area contributed by atoms with Crippen LogP contribution in [0.3, 0.4) is 0 Å². The van der Waals surface area contributed by atoms with E-state index in [-0.39, 0.29) is 0 Å². The summed E-state index contributed by atoms with van der Waals surface area (Å²) >= 11 is 6.83. The van der Waals surface area contributed by atoms with Crippen molar-refractivity contribution in [2.24, 2.45) is 5.73 Å². The van der Waals surface area contributed by atoms with Crippen molar-refractivity contribution >= 4 is 45.5 Å². The van der Waals surface area contributed by atoms with Crippen LogP contribution in [0.15, 0.2) is 23.1 Å². The Labute approximate surface area is 120 Å². The molecule has 1 atom stereocenters. The highest BCUT2D eigenvalue weighted by molar-refractivity contribution is 7.99. The summed E-state index contributed by atoms with van der Waals surface area (Å²) in [4.78, 5) is 1.49. The lowest BCUT2D eigenvalue weighted by atomic mass is 10.1. The molecule has 3 nitrogen and oxygen atoms in total. The van der Waals surface area contributed by atoms with Crippen LogP contribution in [0.2, 0.25) is 0 Å². The monoisotopic (exact) mass is 302 g/mol. The molecular weight excluding hydrogens is 284 g/mol. The lowest BCUT2D eigenvalue weighted by molar-refractivity contribution is 0.687. The van der Waals surface area contributed by atoms with Crippen LogP contribution in [0.5, 0.6) is 0 Å². The Morgan fingerprint density at radius 1 is 1.56 bits per heavy atom. The Balaban J connectivity index is 2.92. The van der Waals surface area contributed by atoms with Crippen LogP contribution in [0.25, 0.3) is 0 Å². The largest absolute Gasteiger partial charge is 0.389 e. The van der Waals surface area contributed by atoms with Crippen LogP contribution < -0.4 is 11.1 Å². The zero-order chi connectivity index (χ0) is 13.5. The number of hydrogen-bond acceptors (Lipinski definition) is 4. The van der Waals surface area contributed by atoms with E-state index in [1.807, 2.05) is 18.2 Å². The van der Waals surface area contributed by atoms with Gasteiger partial charge < -0.3 is 11.1 Å². The Morgan fingerprint density at radius 3 is 2.83 bits per heavy atom. The summed E-state index contributed by atoms with van der Waals surface area (Å²) in [5.41, 5.74) is 7.61. The third kappa shape index (κ3) is 4.59. The van der Waals surface area contributed by atoms with Crippen LogP contribution in [0.4, 0.5) is 5.69 Å². The lowest BCUT2D eigenvalue weighted by Gasteiger charge is -2.14. The molecule has 1 rings (SSSR count). The molecule has 0 aliphatic carbocycles. The third-order valence-corrected chi connectivity index (χ3v) is 4.20. The molecule has 0 amide bonds. The number of anilines is 1. The van der Waals surface area contributed by atoms with Crippen molar-refractivity contribution in [2.75, 3.05) is 29.6 Å². The molecule has 1 aromatic carbocycles. The molecule has 0 aliphatic rings. The van der Waals surface area contributed by atoms with Crippen LogP contribution in [0.1, 0.15) is 12.5 Å². The van der Waals surface area contributed by atoms with Crippen molar-refractivity contribution in [3.05, 3.63) is 23.8 Å². The van der Waals surface area contributed by atoms with Crippen molar-refractivity contribution in [2.45, 2.75) is 11.8 Å². The van der Waals surface area contributed by atoms with E-state index < -0.39 is 10.8 Å². The molecule has 0 radical (unpaired) electrons. The minimum absolute atomic E-state index is 0.395. The average Bonchev–Trinajstić information content (AvgIpc) is 2.28. The molecule has 0 aliphatic heterocycles. The van der Waals surface area contributed by atoms with E-state index in [4.69, 9.17) is 18.0 Å². The number of hydrogen-bond donors (Lipinski definition) is 2. The molecular formula is C12H18N2OS3. The van der Waals surface area contributed by atoms with Gasteiger partial charge in [-0.2, -0.15) is 0 Å². The highest BCUT2D eigenvalue weighted by Gasteiger charge is 2.10. The Morgan fingerprint density at radius 2 is 2.28 bits per heavy atom. The third-order valence-electron chi connectivity index (χ3n) is 2.28. The van der Waals surface area contributed by atoms with Gasteiger partial charge in [0.25, 0.3) is 0 Å². The first kappa shape index (κ1) is 15.5. The Hall–Kier alpha value is -0.590. The standard InChI is InChI=1S/C12H18N2OS3/c1-3-17-10-6-4-5-9(11(10)12(13)16)14-7-8-18(2)15/h4-6,14H,3,7-8H2,1-2H3,(H2,13,16). The first-order valence-corrected chi connectivity index (χ1v) is 8.77. The van der Waals surface area contributed by atoms with E-state index in [1.54, 1.807) is 18.0 Å². The summed E-state index contributed by atoms with van der Waals surface area (Å²) in [5, 5.41) is 3.25. The van der Waals surface area contributed by atoms with E-state index >= 15 is 0 Å². The van der Waals surface area contributed by atoms with Gasteiger partial charge in [-0.25, -0.2) is 0 Å². The smallest absolute Gasteiger partial charge is 0.107 e.